The van der Waals surface area contributed by atoms with Gasteiger partial charge in [0.05, 0.1) is 34.9 Å². The van der Waals surface area contributed by atoms with Crippen molar-refractivity contribution in [2.24, 2.45) is 0 Å². The molecule has 0 fully saturated rings. The highest BCUT2D eigenvalue weighted by Gasteiger charge is 2.16. The number of nitrogens with one attached hydrogen (secondary N) is 1. The number of aromatic nitrogens is 1. The van der Waals surface area contributed by atoms with E-state index in [1.54, 1.807) is 24.4 Å². The van der Waals surface area contributed by atoms with Gasteiger partial charge in [-0.15, -0.1) is 0 Å². The molecule has 1 atom stereocenters. The Morgan fingerprint density at radius 2 is 1.71 bits per heavy atom. The zero-order valence-corrected chi connectivity index (χ0v) is 29.7. The zero-order valence-electron chi connectivity index (χ0n) is 28.2. The molecule has 0 bridgehead atoms. The number of ether oxygens (including phenoxy) is 3. The first kappa shape index (κ1) is 37.9. The van der Waals surface area contributed by atoms with Gasteiger partial charge in [-0.2, -0.15) is 5.26 Å². The molecule has 0 aliphatic heterocycles. The van der Waals surface area contributed by atoms with E-state index < -0.39 is 6.10 Å². The molecule has 1 unspecified atom stereocenters. The van der Waals surface area contributed by atoms with E-state index in [1.165, 1.54) is 6.20 Å². The van der Waals surface area contributed by atoms with Crippen LogP contribution in [0.5, 0.6) is 17.2 Å². The maximum atomic E-state index is 9.76. The molecule has 1 heterocycles. The fraction of sp³-hybridized carbons (Fsp3) is 0.368. The van der Waals surface area contributed by atoms with E-state index in [4.69, 9.17) is 37.4 Å². The molecule has 11 heteroatoms. The molecule has 49 heavy (non-hydrogen) atoms. The number of hydrogen-bond acceptors (Lipinski definition) is 9. The molecule has 4 rings (SSSR count). The van der Waals surface area contributed by atoms with Gasteiger partial charge in [0.2, 0.25) is 0 Å². The number of benzene rings is 3. The normalized spacial score (nSPS) is 11.7. The molecule has 3 aromatic carbocycles. The summed E-state index contributed by atoms with van der Waals surface area (Å²) in [5.41, 5.74) is 5.73. The predicted molar refractivity (Wildman–Crippen MR) is 193 cm³/mol. The first-order chi connectivity index (χ1) is 23.7. The van der Waals surface area contributed by atoms with Crippen molar-refractivity contribution in [2.75, 3.05) is 39.9 Å². The van der Waals surface area contributed by atoms with Gasteiger partial charge in [-0.3, -0.25) is 4.98 Å². The summed E-state index contributed by atoms with van der Waals surface area (Å²) < 4.78 is 18.5. The molecule has 1 aromatic heterocycles. The smallest absolute Gasteiger partial charge is 0.142 e. The largest absolute Gasteiger partial charge is 0.492 e. The monoisotopic (exact) mass is 706 g/mol. The van der Waals surface area contributed by atoms with Crippen LogP contribution >= 0.6 is 23.2 Å². The van der Waals surface area contributed by atoms with Crippen molar-refractivity contribution in [3.05, 3.63) is 105 Å². The summed E-state index contributed by atoms with van der Waals surface area (Å²) in [6.07, 6.45) is 4.27. The molecule has 4 aromatic rings. The van der Waals surface area contributed by atoms with Gasteiger partial charge in [0, 0.05) is 54.8 Å². The zero-order chi connectivity index (χ0) is 35.2. The second kappa shape index (κ2) is 19.3. The van der Waals surface area contributed by atoms with Gasteiger partial charge < -0.3 is 34.6 Å². The van der Waals surface area contributed by atoms with Crippen molar-refractivity contribution in [2.45, 2.75) is 52.6 Å². The lowest BCUT2D eigenvalue weighted by molar-refractivity contribution is 0.0941. The van der Waals surface area contributed by atoms with Crippen molar-refractivity contribution < 1.29 is 24.4 Å². The van der Waals surface area contributed by atoms with Gasteiger partial charge in [0.1, 0.15) is 36.5 Å². The molecule has 0 aliphatic carbocycles. The lowest BCUT2D eigenvalue weighted by Crippen LogP contribution is -2.29. The number of rotatable bonds is 19. The van der Waals surface area contributed by atoms with E-state index in [2.05, 4.69) is 35.2 Å². The van der Waals surface area contributed by atoms with Crippen LogP contribution in [0.2, 0.25) is 10.0 Å². The van der Waals surface area contributed by atoms with Crippen LogP contribution in [0.1, 0.15) is 47.6 Å². The lowest BCUT2D eigenvalue weighted by atomic mass is 9.96. The topological polar surface area (TPSA) is 120 Å². The van der Waals surface area contributed by atoms with Crippen molar-refractivity contribution in [3.8, 4) is 34.4 Å². The van der Waals surface area contributed by atoms with Crippen LogP contribution in [0.3, 0.4) is 0 Å². The fourth-order valence-electron chi connectivity index (χ4n) is 5.31. The first-order valence-electron chi connectivity index (χ1n) is 16.3. The summed E-state index contributed by atoms with van der Waals surface area (Å²) in [6.45, 7) is 7.39. The highest BCUT2D eigenvalue weighted by Crippen LogP contribution is 2.38. The summed E-state index contributed by atoms with van der Waals surface area (Å²) in [5.74, 6) is 1.61. The predicted octanol–water partition coefficient (Wildman–Crippen LogP) is 6.95. The molecule has 260 valence electrons. The minimum Gasteiger partial charge on any atom is -0.492 e. The minimum absolute atomic E-state index is 0.163. The first-order valence-corrected chi connectivity index (χ1v) is 17.1. The third kappa shape index (κ3) is 11.1. The average molecular weight is 708 g/mol. The molecule has 9 nitrogen and oxygen atoms in total. The van der Waals surface area contributed by atoms with Crippen LogP contribution in [-0.2, 0) is 19.8 Å². The van der Waals surface area contributed by atoms with E-state index in [0.717, 1.165) is 59.3 Å². The minimum atomic E-state index is -0.895. The highest BCUT2D eigenvalue weighted by atomic mass is 35.5. The quantitative estimate of drug-likeness (QED) is 0.0890. The SMILES string of the molecule is CCCN(C)CCCOc1cccc(-c2cccc(COc3cc(OCc4cncc(C#N)c4)c(CNCC(O)CO)cc3Cl)c2C)c1Cl. The third-order valence-electron chi connectivity index (χ3n) is 7.97. The highest BCUT2D eigenvalue weighted by molar-refractivity contribution is 6.35. The third-order valence-corrected chi connectivity index (χ3v) is 8.65. The number of pyridine rings is 1. The maximum absolute atomic E-state index is 9.76. The van der Waals surface area contributed by atoms with Crippen molar-refractivity contribution in [1.29, 1.82) is 5.26 Å². The van der Waals surface area contributed by atoms with Gasteiger partial charge >= 0.3 is 0 Å². The summed E-state index contributed by atoms with van der Waals surface area (Å²) >= 11 is 13.6. The van der Waals surface area contributed by atoms with Crippen LogP contribution in [0.4, 0.5) is 0 Å². The Bertz CT molecular complexity index is 1710. The van der Waals surface area contributed by atoms with E-state index >= 15 is 0 Å². The Labute approximate surface area is 299 Å². The Kier molecular flexibility index (Phi) is 15.0. The van der Waals surface area contributed by atoms with Crippen LogP contribution in [0.25, 0.3) is 11.1 Å². The Hall–Kier alpha value is -3.88. The van der Waals surface area contributed by atoms with Crippen LogP contribution in [-0.4, -0.2) is 66.1 Å². The fourth-order valence-corrected chi connectivity index (χ4v) is 5.84. The second-order valence-corrected chi connectivity index (χ2v) is 12.6. The molecule has 0 amide bonds. The van der Waals surface area contributed by atoms with Gasteiger partial charge in [0.15, 0.2) is 0 Å². The van der Waals surface area contributed by atoms with E-state index in [1.807, 2.05) is 43.3 Å². The number of aliphatic hydroxyl groups is 2. The molecule has 0 saturated carbocycles. The molecule has 0 aliphatic rings. The molecule has 0 saturated heterocycles. The molecular weight excluding hydrogens is 663 g/mol. The maximum Gasteiger partial charge on any atom is 0.142 e. The second-order valence-electron chi connectivity index (χ2n) is 11.8. The summed E-state index contributed by atoms with van der Waals surface area (Å²) in [6, 6.07) is 19.2. The van der Waals surface area contributed by atoms with E-state index in [0.29, 0.717) is 46.0 Å². The Morgan fingerprint density at radius 1 is 0.939 bits per heavy atom. The summed E-state index contributed by atoms with van der Waals surface area (Å²) in [7, 11) is 2.12. The average Bonchev–Trinajstić information content (AvgIpc) is 3.10. The standard InChI is InChI=1S/C38H44Cl2N4O5/c1-4-12-44(3)13-7-14-47-35-11-6-10-33(38(35)40)32-9-5-8-29(26(32)2)25-49-37-17-36(48-24-28-15-27(18-41)19-42-20-28)30(16-34(37)39)21-43-22-31(46)23-45/h5-6,8-11,15-17,19-20,31,43,45-46H,4,7,12-14,21-25H2,1-3H3. The van der Waals surface area contributed by atoms with Gasteiger partial charge in [-0.25, -0.2) is 0 Å². The van der Waals surface area contributed by atoms with E-state index in [9.17, 15) is 15.5 Å². The molecule has 0 spiro atoms. The molecule has 3 N–H and O–H groups in total. The van der Waals surface area contributed by atoms with Gasteiger partial charge in [-0.1, -0.05) is 60.5 Å². The van der Waals surface area contributed by atoms with E-state index in [-0.39, 0.29) is 26.4 Å². The Balaban J connectivity index is 1.50. The van der Waals surface area contributed by atoms with Crippen LogP contribution < -0.4 is 19.5 Å². The Morgan fingerprint density at radius 3 is 2.49 bits per heavy atom. The number of hydrogen-bond donors (Lipinski definition) is 3. The molecular formula is C38H44Cl2N4O5. The van der Waals surface area contributed by atoms with Crippen LogP contribution in [0, 0.1) is 18.3 Å². The summed E-state index contributed by atoms with van der Waals surface area (Å²) in [4.78, 5) is 6.41. The number of halogens is 2. The number of aliphatic hydroxyl groups excluding tert-OH is 2. The van der Waals surface area contributed by atoms with Crippen molar-refractivity contribution >= 4 is 23.2 Å². The summed E-state index contributed by atoms with van der Waals surface area (Å²) in [5, 5.41) is 32.3. The number of nitrogens with zero attached hydrogens (tertiary/aromatic N) is 3. The van der Waals surface area contributed by atoms with Gasteiger partial charge in [0.25, 0.3) is 0 Å². The van der Waals surface area contributed by atoms with Gasteiger partial charge in [-0.05, 0) is 68.2 Å². The van der Waals surface area contributed by atoms with Crippen molar-refractivity contribution in [3.63, 3.8) is 0 Å². The number of nitriles is 1. The molecule has 0 radical (unpaired) electrons. The van der Waals surface area contributed by atoms with Crippen LogP contribution in [0.15, 0.2) is 67.0 Å². The van der Waals surface area contributed by atoms with Crippen molar-refractivity contribution in [1.82, 2.24) is 15.2 Å². The lowest BCUT2D eigenvalue weighted by Gasteiger charge is -2.18.